The van der Waals surface area contributed by atoms with Gasteiger partial charge in [0.25, 0.3) is 11.8 Å². The van der Waals surface area contributed by atoms with E-state index in [0.717, 1.165) is 38.4 Å². The van der Waals surface area contributed by atoms with Crippen molar-refractivity contribution in [3.63, 3.8) is 0 Å². The average Bonchev–Trinajstić information content (AvgIpc) is 3.28. The Morgan fingerprint density at radius 3 is 2.52 bits per heavy atom. The van der Waals surface area contributed by atoms with E-state index >= 15 is 0 Å². The van der Waals surface area contributed by atoms with Crippen LogP contribution in [0.3, 0.4) is 0 Å². The first kappa shape index (κ1) is 21.3. The number of hydrogen-bond donors (Lipinski definition) is 1. The summed E-state index contributed by atoms with van der Waals surface area (Å²) in [6.45, 7) is 6.71. The number of rotatable bonds is 8. The van der Waals surface area contributed by atoms with Gasteiger partial charge in [-0.1, -0.05) is 19.1 Å². The van der Waals surface area contributed by atoms with E-state index in [1.165, 1.54) is 24.3 Å². The summed E-state index contributed by atoms with van der Waals surface area (Å²) in [5.41, 5.74) is 1.04. The minimum Gasteiger partial charge on any atom is -0.356 e. The fraction of sp³-hybridized carbons (Fsp3) is 0.591. The molecule has 0 bridgehead atoms. The Kier molecular flexibility index (Phi) is 7.25. The molecule has 1 atom stereocenters. The number of unbranched alkanes of at least 4 members (excludes halogenated alkanes) is 1. The Morgan fingerprint density at radius 2 is 1.90 bits per heavy atom. The zero-order chi connectivity index (χ0) is 20.8. The molecule has 1 aromatic rings. The van der Waals surface area contributed by atoms with Crippen LogP contribution in [0.2, 0.25) is 0 Å². The number of carbonyl (C=O) groups excluding carboxylic acids is 2. The molecule has 0 aliphatic carbocycles. The van der Waals surface area contributed by atoms with E-state index in [4.69, 9.17) is 0 Å². The molecule has 1 unspecified atom stereocenters. The van der Waals surface area contributed by atoms with Crippen molar-refractivity contribution in [2.75, 3.05) is 46.8 Å². The summed E-state index contributed by atoms with van der Waals surface area (Å²) in [5.74, 6) is 0.547. The van der Waals surface area contributed by atoms with Crippen molar-refractivity contribution in [2.24, 2.45) is 4.99 Å². The molecule has 7 nitrogen and oxygen atoms in total. The third-order valence-electron chi connectivity index (χ3n) is 5.93. The molecule has 2 amide bonds. The molecule has 0 radical (unpaired) electrons. The highest BCUT2D eigenvalue weighted by Crippen LogP contribution is 2.22. The Morgan fingerprint density at radius 1 is 1.21 bits per heavy atom. The summed E-state index contributed by atoms with van der Waals surface area (Å²) in [7, 11) is 3.89. The molecule has 158 valence electrons. The SMILES string of the molecule is CCN1CCCC1CN(C)C(=NC)NCCCCN1C(=O)c2ccccc2C1=O. The highest BCUT2D eigenvalue weighted by Gasteiger charge is 2.34. The number of amides is 2. The molecule has 1 saturated heterocycles. The summed E-state index contributed by atoms with van der Waals surface area (Å²) in [5, 5.41) is 3.41. The van der Waals surface area contributed by atoms with Crippen LogP contribution in [0.25, 0.3) is 0 Å². The second-order valence-electron chi connectivity index (χ2n) is 7.79. The fourth-order valence-electron chi connectivity index (χ4n) is 4.34. The molecule has 0 saturated carbocycles. The Labute approximate surface area is 173 Å². The summed E-state index contributed by atoms with van der Waals surface area (Å²) in [6, 6.07) is 7.63. The second-order valence-corrected chi connectivity index (χ2v) is 7.79. The highest BCUT2D eigenvalue weighted by molar-refractivity contribution is 6.21. The zero-order valence-corrected chi connectivity index (χ0v) is 17.9. The first-order valence-corrected chi connectivity index (χ1v) is 10.7. The van der Waals surface area contributed by atoms with Gasteiger partial charge in [0.15, 0.2) is 5.96 Å². The Bertz CT molecular complexity index is 728. The van der Waals surface area contributed by atoms with Gasteiger partial charge in [0.05, 0.1) is 11.1 Å². The normalized spacial score (nSPS) is 19.8. The number of nitrogens with one attached hydrogen (secondary N) is 1. The number of likely N-dealkylation sites (N-methyl/N-ethyl adjacent to an activating group) is 2. The maximum absolute atomic E-state index is 12.4. The van der Waals surface area contributed by atoms with Gasteiger partial charge in [0, 0.05) is 39.8 Å². The minimum absolute atomic E-state index is 0.175. The molecule has 29 heavy (non-hydrogen) atoms. The lowest BCUT2D eigenvalue weighted by Crippen LogP contribution is -2.46. The van der Waals surface area contributed by atoms with Gasteiger partial charge >= 0.3 is 0 Å². The van der Waals surface area contributed by atoms with Crippen molar-refractivity contribution in [3.8, 4) is 0 Å². The van der Waals surface area contributed by atoms with Crippen LogP contribution in [0.1, 0.15) is 53.3 Å². The quantitative estimate of drug-likeness (QED) is 0.314. The number of likely N-dealkylation sites (tertiary alicyclic amines) is 1. The molecule has 7 heteroatoms. The van der Waals surface area contributed by atoms with Gasteiger partial charge < -0.3 is 10.2 Å². The van der Waals surface area contributed by atoms with E-state index in [2.05, 4.69) is 34.1 Å². The lowest BCUT2D eigenvalue weighted by molar-refractivity contribution is 0.0652. The fourth-order valence-corrected chi connectivity index (χ4v) is 4.34. The lowest BCUT2D eigenvalue weighted by Gasteiger charge is -2.29. The van der Waals surface area contributed by atoms with Crippen molar-refractivity contribution in [2.45, 2.75) is 38.6 Å². The van der Waals surface area contributed by atoms with Gasteiger partial charge in [-0.15, -0.1) is 0 Å². The van der Waals surface area contributed by atoms with Gasteiger partial charge in [0.1, 0.15) is 0 Å². The monoisotopic (exact) mass is 399 g/mol. The third-order valence-corrected chi connectivity index (χ3v) is 5.93. The first-order valence-electron chi connectivity index (χ1n) is 10.7. The predicted molar refractivity (Wildman–Crippen MR) is 115 cm³/mol. The maximum Gasteiger partial charge on any atom is 0.261 e. The van der Waals surface area contributed by atoms with E-state index in [-0.39, 0.29) is 11.8 Å². The molecule has 1 aromatic carbocycles. The van der Waals surface area contributed by atoms with Gasteiger partial charge in [-0.25, -0.2) is 0 Å². The van der Waals surface area contributed by atoms with Crippen molar-refractivity contribution in [1.29, 1.82) is 0 Å². The summed E-state index contributed by atoms with van der Waals surface area (Å²) < 4.78 is 0. The van der Waals surface area contributed by atoms with Gasteiger partial charge in [-0.3, -0.25) is 24.4 Å². The summed E-state index contributed by atoms with van der Waals surface area (Å²) >= 11 is 0. The minimum atomic E-state index is -0.175. The largest absolute Gasteiger partial charge is 0.356 e. The number of imide groups is 1. The van der Waals surface area contributed by atoms with Crippen molar-refractivity contribution in [3.05, 3.63) is 35.4 Å². The number of hydrogen-bond acceptors (Lipinski definition) is 4. The topological polar surface area (TPSA) is 68.2 Å². The Balaban J connectivity index is 1.39. The van der Waals surface area contributed by atoms with Crippen molar-refractivity contribution >= 4 is 17.8 Å². The number of guanidine groups is 1. The molecule has 3 rings (SSSR count). The molecule has 2 aliphatic rings. The highest BCUT2D eigenvalue weighted by atomic mass is 16.2. The standard InChI is InChI=1S/C22H33N5O2/c1-4-26-14-9-10-17(26)16-25(3)22(23-2)24-13-7-8-15-27-20(28)18-11-5-6-12-19(18)21(27)29/h5-6,11-12,17H,4,7-10,13-16H2,1-3H3,(H,23,24). The first-order chi connectivity index (χ1) is 14.1. The van der Waals surface area contributed by atoms with Gasteiger partial charge in [0.2, 0.25) is 0 Å². The zero-order valence-electron chi connectivity index (χ0n) is 17.9. The summed E-state index contributed by atoms with van der Waals surface area (Å²) in [6.07, 6.45) is 4.15. The van der Waals surface area contributed by atoms with Crippen LogP contribution < -0.4 is 5.32 Å². The maximum atomic E-state index is 12.4. The van der Waals surface area contributed by atoms with Gasteiger partial charge in [-0.05, 0) is 50.9 Å². The molecule has 0 aromatic heterocycles. The number of aliphatic imine (C=N–C) groups is 1. The van der Waals surface area contributed by atoms with Crippen LogP contribution in [0.4, 0.5) is 0 Å². The van der Waals surface area contributed by atoms with Crippen LogP contribution in [0, 0.1) is 0 Å². The van der Waals surface area contributed by atoms with E-state index < -0.39 is 0 Å². The van der Waals surface area contributed by atoms with E-state index in [9.17, 15) is 9.59 Å². The Hall–Kier alpha value is -2.41. The molecule has 1 fully saturated rings. The molecule has 0 spiro atoms. The lowest BCUT2D eigenvalue weighted by atomic mass is 10.1. The van der Waals surface area contributed by atoms with E-state index in [0.29, 0.717) is 23.7 Å². The van der Waals surface area contributed by atoms with E-state index in [1.807, 2.05) is 7.05 Å². The average molecular weight is 400 g/mol. The number of benzene rings is 1. The number of carbonyl (C=O) groups is 2. The van der Waals surface area contributed by atoms with E-state index in [1.54, 1.807) is 24.3 Å². The molecule has 2 heterocycles. The van der Waals surface area contributed by atoms with Crippen LogP contribution >= 0.6 is 0 Å². The van der Waals surface area contributed by atoms with Crippen molar-refractivity contribution in [1.82, 2.24) is 20.0 Å². The molecular weight excluding hydrogens is 366 g/mol. The smallest absolute Gasteiger partial charge is 0.261 e. The van der Waals surface area contributed by atoms with Gasteiger partial charge in [-0.2, -0.15) is 0 Å². The van der Waals surface area contributed by atoms with Crippen LogP contribution in [-0.4, -0.2) is 85.3 Å². The third kappa shape index (κ3) is 4.78. The summed E-state index contributed by atoms with van der Waals surface area (Å²) in [4.78, 5) is 35.3. The van der Waals surface area contributed by atoms with Crippen molar-refractivity contribution < 1.29 is 9.59 Å². The van der Waals surface area contributed by atoms with Crippen LogP contribution in [-0.2, 0) is 0 Å². The molecule has 1 N–H and O–H groups in total. The van der Waals surface area contributed by atoms with Crippen LogP contribution in [0.5, 0.6) is 0 Å². The number of nitrogens with zero attached hydrogens (tertiary/aromatic N) is 4. The predicted octanol–water partition coefficient (Wildman–Crippen LogP) is 2.05. The molecular formula is C22H33N5O2. The second kappa shape index (κ2) is 9.87. The molecule has 2 aliphatic heterocycles. The van der Waals surface area contributed by atoms with Crippen LogP contribution in [0.15, 0.2) is 29.3 Å². The number of fused-ring (bicyclic) bond motifs is 1.